The monoisotopic (exact) mass is 293 g/mol. The maximum Gasteiger partial charge on any atom is 0.196 e. The third-order valence-electron chi connectivity index (χ3n) is 2.84. The summed E-state index contributed by atoms with van der Waals surface area (Å²) in [7, 11) is 1.82. The van der Waals surface area contributed by atoms with Gasteiger partial charge in [-0.1, -0.05) is 12.1 Å². The van der Waals surface area contributed by atoms with Crippen LogP contribution in [-0.2, 0) is 0 Å². The first-order chi connectivity index (χ1) is 9.51. The van der Waals surface area contributed by atoms with E-state index in [1.54, 1.807) is 6.07 Å². The van der Waals surface area contributed by atoms with Crippen molar-refractivity contribution in [2.75, 3.05) is 18.5 Å². The lowest BCUT2D eigenvalue weighted by molar-refractivity contribution is 0.575. The van der Waals surface area contributed by atoms with Crippen LogP contribution in [0.1, 0.15) is 18.5 Å². The largest absolute Gasteiger partial charge is 0.383 e. The molecule has 0 aliphatic heterocycles. The third kappa shape index (κ3) is 3.17. The number of halogens is 1. The van der Waals surface area contributed by atoms with E-state index < -0.39 is 0 Å². The molecule has 5 nitrogen and oxygen atoms in total. The highest BCUT2D eigenvalue weighted by Gasteiger charge is 2.16. The Morgan fingerprint density at radius 2 is 1.90 bits per heavy atom. The predicted octanol–water partition coefficient (Wildman–Crippen LogP) is 2.21. The van der Waals surface area contributed by atoms with E-state index in [9.17, 15) is 4.39 Å². The fourth-order valence-corrected chi connectivity index (χ4v) is 2.74. The molecule has 0 saturated carbocycles. The lowest BCUT2D eigenvalue weighted by Gasteiger charge is -2.15. The first-order valence-electron chi connectivity index (χ1n) is 6.05. The second kappa shape index (κ2) is 6.06. The molecule has 0 saturated heterocycles. The van der Waals surface area contributed by atoms with Crippen molar-refractivity contribution in [1.29, 1.82) is 0 Å². The Bertz CT molecular complexity index is 599. The molecule has 0 spiro atoms. The third-order valence-corrected chi connectivity index (χ3v) is 3.84. The average molecular weight is 293 g/mol. The van der Waals surface area contributed by atoms with E-state index in [4.69, 9.17) is 11.5 Å². The second-order valence-electron chi connectivity index (χ2n) is 4.27. The first-order valence-corrected chi connectivity index (χ1v) is 6.86. The zero-order chi connectivity index (χ0) is 14.7. The second-order valence-corrected chi connectivity index (χ2v) is 5.25. The summed E-state index contributed by atoms with van der Waals surface area (Å²) in [6.45, 7) is 1.95. The van der Waals surface area contributed by atoms with Gasteiger partial charge < -0.3 is 16.8 Å². The summed E-state index contributed by atoms with van der Waals surface area (Å²) < 4.78 is 14.1. The van der Waals surface area contributed by atoms with Gasteiger partial charge in [-0.3, -0.25) is 0 Å². The molecule has 1 aromatic heterocycles. The number of nitrogens with zero attached hydrogens (tertiary/aromatic N) is 2. The Balaban J connectivity index is 2.42. The van der Waals surface area contributed by atoms with Crippen LogP contribution in [0.3, 0.4) is 0 Å². The molecule has 0 aliphatic rings. The summed E-state index contributed by atoms with van der Waals surface area (Å²) in [5.41, 5.74) is 12.1. The van der Waals surface area contributed by atoms with Gasteiger partial charge in [-0.2, -0.15) is 0 Å². The highest BCUT2D eigenvalue weighted by atomic mass is 32.2. The van der Waals surface area contributed by atoms with Crippen LogP contribution in [0, 0.1) is 5.82 Å². The van der Waals surface area contributed by atoms with Crippen LogP contribution in [0.4, 0.5) is 16.0 Å². The Labute approximate surface area is 121 Å². The van der Waals surface area contributed by atoms with Crippen LogP contribution >= 0.6 is 11.8 Å². The normalized spacial score (nSPS) is 12.3. The molecular formula is C13H16FN5S. The molecule has 0 aliphatic carbocycles. The summed E-state index contributed by atoms with van der Waals surface area (Å²) >= 11 is 1.12. The van der Waals surface area contributed by atoms with Gasteiger partial charge in [-0.05, 0) is 37.4 Å². The molecule has 7 heteroatoms. The number of nitrogens with two attached hydrogens (primary N) is 2. The molecule has 20 heavy (non-hydrogen) atoms. The average Bonchev–Trinajstić information content (AvgIpc) is 2.39. The van der Waals surface area contributed by atoms with Crippen LogP contribution < -0.4 is 16.8 Å². The van der Waals surface area contributed by atoms with Gasteiger partial charge in [0.15, 0.2) is 5.16 Å². The number of hydrogen-bond donors (Lipinski definition) is 3. The molecule has 1 heterocycles. The van der Waals surface area contributed by atoms with Crippen molar-refractivity contribution in [2.24, 2.45) is 0 Å². The molecule has 1 atom stereocenters. The zero-order valence-electron chi connectivity index (χ0n) is 11.2. The number of nitrogen functional groups attached to an aromatic ring is 2. The summed E-state index contributed by atoms with van der Waals surface area (Å²) in [6, 6.07) is 6.41. The van der Waals surface area contributed by atoms with Crippen molar-refractivity contribution in [2.45, 2.75) is 23.0 Å². The lowest BCUT2D eigenvalue weighted by atomic mass is 10.1. The lowest BCUT2D eigenvalue weighted by Crippen LogP contribution is -2.13. The molecule has 0 bridgehead atoms. The van der Waals surface area contributed by atoms with Gasteiger partial charge in [0.2, 0.25) is 0 Å². The molecule has 2 aromatic rings. The Hall–Kier alpha value is -1.86. The zero-order valence-corrected chi connectivity index (χ0v) is 12.0. The van der Waals surface area contributed by atoms with Crippen molar-refractivity contribution < 1.29 is 4.39 Å². The fraction of sp³-hybridized carbons (Fsp3) is 0.231. The number of benzene rings is 1. The molecule has 1 aromatic carbocycles. The van der Waals surface area contributed by atoms with Gasteiger partial charge in [0.25, 0.3) is 0 Å². The minimum atomic E-state index is -0.320. The smallest absolute Gasteiger partial charge is 0.196 e. The Morgan fingerprint density at radius 3 is 2.50 bits per heavy atom. The number of anilines is 2. The van der Waals surface area contributed by atoms with Gasteiger partial charge in [0, 0.05) is 12.1 Å². The standard InChI is InChI=1S/C13H16FN5S/c1-7(17-2)8-4-3-5-9(14)12(8)20-13-18-10(15)6-11(16)19-13/h3-7,17H,1-2H3,(H4,15,16,18,19). The van der Waals surface area contributed by atoms with E-state index in [0.717, 1.165) is 17.3 Å². The van der Waals surface area contributed by atoms with E-state index in [2.05, 4.69) is 15.3 Å². The van der Waals surface area contributed by atoms with Crippen LogP contribution in [0.5, 0.6) is 0 Å². The van der Waals surface area contributed by atoms with E-state index in [1.165, 1.54) is 12.1 Å². The number of nitrogens with one attached hydrogen (secondary N) is 1. The van der Waals surface area contributed by atoms with Gasteiger partial charge in [-0.25, -0.2) is 14.4 Å². The number of hydrogen-bond acceptors (Lipinski definition) is 6. The maximum absolute atomic E-state index is 14.1. The quantitative estimate of drug-likeness (QED) is 0.749. The van der Waals surface area contributed by atoms with Gasteiger partial charge in [0.1, 0.15) is 17.5 Å². The summed E-state index contributed by atoms with van der Waals surface area (Å²) in [6.07, 6.45) is 0. The van der Waals surface area contributed by atoms with E-state index in [0.29, 0.717) is 10.1 Å². The predicted molar refractivity (Wildman–Crippen MR) is 78.9 cm³/mol. The van der Waals surface area contributed by atoms with E-state index in [-0.39, 0.29) is 23.5 Å². The van der Waals surface area contributed by atoms with Crippen molar-refractivity contribution in [3.63, 3.8) is 0 Å². The number of rotatable bonds is 4. The molecule has 106 valence electrons. The SMILES string of the molecule is CNC(C)c1cccc(F)c1Sc1nc(N)cc(N)n1. The van der Waals surface area contributed by atoms with Crippen LogP contribution in [0.25, 0.3) is 0 Å². The summed E-state index contributed by atoms with van der Waals surface area (Å²) in [5, 5.41) is 3.42. The molecule has 0 amide bonds. The van der Waals surface area contributed by atoms with Crippen molar-refractivity contribution in [3.8, 4) is 0 Å². The molecule has 0 fully saturated rings. The summed E-state index contributed by atoms with van der Waals surface area (Å²) in [4.78, 5) is 8.59. The van der Waals surface area contributed by atoms with E-state index in [1.807, 2.05) is 20.0 Å². The summed E-state index contributed by atoms with van der Waals surface area (Å²) in [5.74, 6) is 0.207. The highest BCUT2D eigenvalue weighted by molar-refractivity contribution is 7.99. The topological polar surface area (TPSA) is 89.8 Å². The van der Waals surface area contributed by atoms with Crippen molar-refractivity contribution in [3.05, 3.63) is 35.6 Å². The molecule has 5 N–H and O–H groups in total. The van der Waals surface area contributed by atoms with Crippen LogP contribution in [0.2, 0.25) is 0 Å². The number of aromatic nitrogens is 2. The van der Waals surface area contributed by atoms with Gasteiger partial charge in [0.05, 0.1) is 4.90 Å². The van der Waals surface area contributed by atoms with Crippen LogP contribution in [-0.4, -0.2) is 17.0 Å². The maximum atomic E-state index is 14.1. The molecular weight excluding hydrogens is 277 g/mol. The van der Waals surface area contributed by atoms with Gasteiger partial charge in [-0.15, -0.1) is 0 Å². The van der Waals surface area contributed by atoms with Crippen LogP contribution in [0.15, 0.2) is 34.3 Å². The van der Waals surface area contributed by atoms with Gasteiger partial charge >= 0.3 is 0 Å². The van der Waals surface area contributed by atoms with Crippen molar-refractivity contribution >= 4 is 23.4 Å². The molecule has 1 unspecified atom stereocenters. The Kier molecular flexibility index (Phi) is 4.41. The first kappa shape index (κ1) is 14.5. The van der Waals surface area contributed by atoms with E-state index >= 15 is 0 Å². The Morgan fingerprint density at radius 1 is 1.25 bits per heavy atom. The molecule has 2 rings (SSSR count). The fourth-order valence-electron chi connectivity index (χ4n) is 1.73. The minimum Gasteiger partial charge on any atom is -0.383 e. The highest BCUT2D eigenvalue weighted by Crippen LogP contribution is 2.34. The minimum absolute atomic E-state index is 0.00612. The van der Waals surface area contributed by atoms with Crippen molar-refractivity contribution in [1.82, 2.24) is 15.3 Å². The molecule has 0 radical (unpaired) electrons.